The summed E-state index contributed by atoms with van der Waals surface area (Å²) in [6.45, 7) is 6.05. The number of alkyl halides is 17. The average molecular weight is 710 g/mol. The maximum atomic E-state index is 14.3. The summed E-state index contributed by atoms with van der Waals surface area (Å²) in [6, 6.07) is 0. The van der Waals surface area contributed by atoms with Gasteiger partial charge in [-0.15, -0.1) is 0 Å². The zero-order valence-electron chi connectivity index (χ0n) is 23.8. The standard InChI is InChI=1S/C17H15F17O3.2C3H8O/c1-4-9(3,5-6(2)7(35)36)8(37)10(18,19)11(20,21)12(22,23)13(24,25)14(26,27)15(28,29)16(30,31)17(32,33)34;2*1-2-3-4/h5,8,37H,4H2,1-3H3,(H,35,36);2*4H,2-3H2,1H3. The first-order valence-electron chi connectivity index (χ1n) is 12.2. The van der Waals surface area contributed by atoms with Gasteiger partial charge in [0.25, 0.3) is 0 Å². The van der Waals surface area contributed by atoms with Gasteiger partial charge in [0, 0.05) is 24.2 Å². The maximum absolute atomic E-state index is 14.3. The van der Waals surface area contributed by atoms with Crippen LogP contribution in [0.3, 0.4) is 0 Å². The molecule has 22 heteroatoms. The molecule has 0 amide bonds. The van der Waals surface area contributed by atoms with E-state index >= 15 is 0 Å². The summed E-state index contributed by atoms with van der Waals surface area (Å²) in [5, 5.41) is 34.1. The van der Waals surface area contributed by atoms with Crippen LogP contribution in [-0.2, 0) is 4.79 Å². The Hall–Kier alpha value is -2.10. The number of carboxylic acid groups (broad SMARTS) is 1. The van der Waals surface area contributed by atoms with Gasteiger partial charge < -0.3 is 20.4 Å². The number of hydrogen-bond donors (Lipinski definition) is 4. The van der Waals surface area contributed by atoms with E-state index in [2.05, 4.69) is 0 Å². The van der Waals surface area contributed by atoms with Gasteiger partial charge in [0.1, 0.15) is 6.10 Å². The normalized spacial score (nSPS) is 16.5. The average Bonchev–Trinajstić information content (AvgIpc) is 2.91. The Morgan fingerprint density at radius 1 is 0.622 bits per heavy atom. The Kier molecular flexibility index (Phi) is 16.5. The smallest absolute Gasteiger partial charge is 0.460 e. The van der Waals surface area contributed by atoms with Crippen LogP contribution < -0.4 is 0 Å². The summed E-state index contributed by atoms with van der Waals surface area (Å²) in [7, 11) is 0. The molecule has 0 fully saturated rings. The lowest BCUT2D eigenvalue weighted by atomic mass is 9.74. The number of aliphatic carboxylic acids is 1. The lowest BCUT2D eigenvalue weighted by molar-refractivity contribution is -0.465. The number of rotatable bonds is 13. The first-order chi connectivity index (χ1) is 19.6. The van der Waals surface area contributed by atoms with Crippen LogP contribution in [0.4, 0.5) is 74.6 Å². The minimum atomic E-state index is -8.78. The first kappa shape index (κ1) is 47.3. The summed E-state index contributed by atoms with van der Waals surface area (Å²) in [6.07, 6.45) is -11.5. The summed E-state index contributed by atoms with van der Waals surface area (Å²) < 4.78 is 227. The van der Waals surface area contributed by atoms with Crippen molar-refractivity contribution in [2.45, 2.75) is 108 Å². The van der Waals surface area contributed by atoms with Crippen molar-refractivity contribution >= 4 is 5.97 Å². The molecule has 0 bridgehead atoms. The van der Waals surface area contributed by atoms with E-state index in [1.165, 1.54) is 0 Å². The molecule has 0 aromatic carbocycles. The van der Waals surface area contributed by atoms with Crippen LogP contribution in [0, 0.1) is 5.41 Å². The van der Waals surface area contributed by atoms with Gasteiger partial charge in [0.2, 0.25) is 0 Å². The second-order valence-electron chi connectivity index (χ2n) is 9.41. The highest BCUT2D eigenvalue weighted by Gasteiger charge is 2.95. The molecule has 0 aromatic heterocycles. The van der Waals surface area contributed by atoms with E-state index in [0.717, 1.165) is 12.8 Å². The Bertz CT molecular complexity index is 956. The molecule has 0 aliphatic heterocycles. The van der Waals surface area contributed by atoms with Crippen LogP contribution in [0.2, 0.25) is 0 Å². The minimum Gasteiger partial charge on any atom is -0.478 e. The molecule has 45 heavy (non-hydrogen) atoms. The molecule has 0 saturated heterocycles. The second-order valence-corrected chi connectivity index (χ2v) is 9.41. The molecule has 272 valence electrons. The van der Waals surface area contributed by atoms with Crippen LogP contribution in [0.15, 0.2) is 11.6 Å². The Labute approximate surface area is 244 Å². The number of hydrogen-bond acceptors (Lipinski definition) is 4. The van der Waals surface area contributed by atoms with Gasteiger partial charge in [-0.25, -0.2) is 4.79 Å². The molecular weight excluding hydrogens is 679 g/mol. The van der Waals surface area contributed by atoms with Gasteiger partial charge >= 0.3 is 53.6 Å². The molecular formula is C23H31F17O5. The molecule has 5 nitrogen and oxygen atoms in total. The highest BCUT2D eigenvalue weighted by Crippen LogP contribution is 2.64. The van der Waals surface area contributed by atoms with E-state index in [0.29, 0.717) is 27.1 Å². The van der Waals surface area contributed by atoms with Crippen molar-refractivity contribution < 1.29 is 99.9 Å². The summed E-state index contributed by atoms with van der Waals surface area (Å²) in [4.78, 5) is 10.8. The van der Waals surface area contributed by atoms with Gasteiger partial charge in [0.05, 0.1) is 0 Å². The van der Waals surface area contributed by atoms with Crippen molar-refractivity contribution in [3.05, 3.63) is 11.6 Å². The number of aliphatic hydroxyl groups excluding tert-OH is 3. The zero-order valence-corrected chi connectivity index (χ0v) is 23.8. The van der Waals surface area contributed by atoms with Crippen molar-refractivity contribution in [3.63, 3.8) is 0 Å². The molecule has 0 radical (unpaired) electrons. The molecule has 0 aromatic rings. The number of halogens is 17. The van der Waals surface area contributed by atoms with Gasteiger partial charge in [0.15, 0.2) is 0 Å². The molecule has 0 spiro atoms. The van der Waals surface area contributed by atoms with E-state index in [-0.39, 0.29) is 13.0 Å². The van der Waals surface area contributed by atoms with Crippen molar-refractivity contribution in [1.29, 1.82) is 0 Å². The third-order valence-corrected chi connectivity index (χ3v) is 5.81. The van der Waals surface area contributed by atoms with Crippen molar-refractivity contribution in [3.8, 4) is 0 Å². The molecule has 0 aliphatic rings. The lowest BCUT2D eigenvalue weighted by Gasteiger charge is -2.45. The van der Waals surface area contributed by atoms with Crippen molar-refractivity contribution in [2.24, 2.45) is 5.41 Å². The second kappa shape index (κ2) is 15.7. The molecule has 4 N–H and O–H groups in total. The van der Waals surface area contributed by atoms with Gasteiger partial charge in [-0.2, -0.15) is 74.6 Å². The van der Waals surface area contributed by atoms with E-state index in [1.54, 1.807) is 0 Å². The highest BCUT2D eigenvalue weighted by atomic mass is 19.4. The van der Waals surface area contributed by atoms with Crippen LogP contribution in [-0.4, -0.2) is 93.3 Å². The lowest BCUT2D eigenvalue weighted by Crippen LogP contribution is -2.75. The SMILES string of the molecule is CCC(C)(C=C(C)C(=O)O)C(O)C(F)(F)C(F)(F)C(F)(F)C(F)(F)C(F)(F)C(F)(F)C(F)(F)C(F)(F)F.CCCO.CCCO. The first-order valence-corrected chi connectivity index (χ1v) is 12.2. The quantitative estimate of drug-likeness (QED) is 0.117. The largest absolute Gasteiger partial charge is 0.478 e. The van der Waals surface area contributed by atoms with Gasteiger partial charge in [-0.1, -0.05) is 33.8 Å². The fourth-order valence-electron chi connectivity index (χ4n) is 2.69. The predicted octanol–water partition coefficient (Wildman–Crippen LogP) is 7.58. The molecule has 2 unspecified atom stereocenters. The highest BCUT2D eigenvalue weighted by molar-refractivity contribution is 5.85. The number of carboxylic acids is 1. The van der Waals surface area contributed by atoms with Crippen LogP contribution in [0.1, 0.15) is 53.9 Å². The predicted molar refractivity (Wildman–Crippen MR) is 121 cm³/mol. The van der Waals surface area contributed by atoms with Gasteiger partial charge in [-0.3, -0.25) is 0 Å². The third-order valence-electron chi connectivity index (χ3n) is 5.81. The molecule has 2 atom stereocenters. The van der Waals surface area contributed by atoms with Crippen LogP contribution in [0.25, 0.3) is 0 Å². The number of aliphatic hydroxyl groups is 3. The van der Waals surface area contributed by atoms with E-state index in [4.69, 9.17) is 15.3 Å². The van der Waals surface area contributed by atoms with Crippen molar-refractivity contribution in [2.75, 3.05) is 13.2 Å². The monoisotopic (exact) mass is 710 g/mol. The molecule has 0 rings (SSSR count). The maximum Gasteiger partial charge on any atom is 0.460 e. The van der Waals surface area contributed by atoms with Gasteiger partial charge in [-0.05, 0) is 26.2 Å². The molecule has 0 aliphatic carbocycles. The summed E-state index contributed by atoms with van der Waals surface area (Å²) >= 11 is 0. The topological polar surface area (TPSA) is 98.0 Å². The van der Waals surface area contributed by atoms with E-state index < -0.39 is 77.1 Å². The third kappa shape index (κ3) is 8.83. The summed E-state index contributed by atoms with van der Waals surface area (Å²) in [5.41, 5.74) is -4.11. The van der Waals surface area contributed by atoms with E-state index in [9.17, 15) is 84.5 Å². The minimum absolute atomic E-state index is 0.0346. The Balaban J connectivity index is -0.00000195. The number of carbonyl (C=O) groups is 1. The molecule has 0 saturated carbocycles. The Morgan fingerprint density at radius 2 is 0.889 bits per heavy atom. The fourth-order valence-corrected chi connectivity index (χ4v) is 2.69. The fraction of sp³-hybridized carbons (Fsp3) is 0.870. The summed E-state index contributed by atoms with van der Waals surface area (Å²) in [5.74, 6) is -60.1. The zero-order chi connectivity index (χ0) is 37.5. The van der Waals surface area contributed by atoms with Crippen LogP contribution >= 0.6 is 0 Å². The van der Waals surface area contributed by atoms with Crippen molar-refractivity contribution in [1.82, 2.24) is 0 Å². The van der Waals surface area contributed by atoms with Crippen LogP contribution in [0.5, 0.6) is 0 Å². The van der Waals surface area contributed by atoms with E-state index in [1.807, 2.05) is 13.8 Å². The molecule has 0 heterocycles. The Morgan fingerprint density at radius 3 is 1.11 bits per heavy atom.